The standard InChI is InChI=1S/C22H22N4O4/c1-14(27)23-16-8-4-9-17(12-16)24-19(28)13-26-20(29)22(25-21(26)30)11-5-7-15-6-2-3-10-18(15)22/h2-4,6,8-10,12H,5,7,11,13H2,1H3,(H,23,27)(H,24,28)(H,25,30)/t22-/m1/s1. The Morgan fingerprint density at radius 1 is 1.07 bits per heavy atom. The summed E-state index contributed by atoms with van der Waals surface area (Å²) in [5, 5.41) is 8.14. The highest BCUT2D eigenvalue weighted by Crippen LogP contribution is 2.39. The fourth-order valence-electron chi connectivity index (χ4n) is 4.18. The molecule has 0 aromatic heterocycles. The highest BCUT2D eigenvalue weighted by atomic mass is 16.2. The summed E-state index contributed by atoms with van der Waals surface area (Å²) < 4.78 is 0. The second kappa shape index (κ2) is 7.62. The Balaban J connectivity index is 1.50. The van der Waals surface area contributed by atoms with Crippen molar-refractivity contribution >= 4 is 35.1 Å². The molecule has 3 N–H and O–H groups in total. The lowest BCUT2D eigenvalue weighted by molar-refractivity contribution is -0.134. The first-order valence-electron chi connectivity index (χ1n) is 9.79. The van der Waals surface area contributed by atoms with Crippen molar-refractivity contribution in [3.05, 3.63) is 59.7 Å². The molecule has 0 saturated carbocycles. The number of imide groups is 1. The molecule has 1 aliphatic heterocycles. The van der Waals surface area contributed by atoms with Gasteiger partial charge in [0, 0.05) is 18.3 Å². The quantitative estimate of drug-likeness (QED) is 0.678. The summed E-state index contributed by atoms with van der Waals surface area (Å²) in [6.07, 6.45) is 2.14. The molecule has 4 rings (SSSR count). The van der Waals surface area contributed by atoms with Crippen molar-refractivity contribution in [1.29, 1.82) is 0 Å². The molecule has 154 valence electrons. The van der Waals surface area contributed by atoms with Gasteiger partial charge < -0.3 is 16.0 Å². The predicted octanol–water partition coefficient (Wildman–Crippen LogP) is 2.37. The highest BCUT2D eigenvalue weighted by molar-refractivity contribution is 6.10. The number of hydrogen-bond acceptors (Lipinski definition) is 4. The number of urea groups is 1. The van der Waals surface area contributed by atoms with Gasteiger partial charge in [-0.25, -0.2) is 4.79 Å². The summed E-state index contributed by atoms with van der Waals surface area (Å²) in [5.41, 5.74) is 1.74. The SMILES string of the molecule is CC(=O)Nc1cccc(NC(=O)CN2C(=O)N[C@@]3(CCCc4ccccc43)C2=O)c1. The summed E-state index contributed by atoms with van der Waals surface area (Å²) >= 11 is 0. The van der Waals surface area contributed by atoms with Crippen LogP contribution in [0.5, 0.6) is 0 Å². The van der Waals surface area contributed by atoms with Crippen LogP contribution in [0.1, 0.15) is 30.9 Å². The first kappa shape index (κ1) is 19.6. The molecule has 0 radical (unpaired) electrons. The van der Waals surface area contributed by atoms with E-state index in [1.54, 1.807) is 24.3 Å². The Kier molecular flexibility index (Phi) is 4.99. The van der Waals surface area contributed by atoms with Crippen LogP contribution in [0.4, 0.5) is 16.2 Å². The molecule has 1 fully saturated rings. The van der Waals surface area contributed by atoms with Crippen LogP contribution in [-0.2, 0) is 26.3 Å². The van der Waals surface area contributed by atoms with Crippen LogP contribution < -0.4 is 16.0 Å². The molecule has 1 spiro atoms. The van der Waals surface area contributed by atoms with E-state index in [0.717, 1.165) is 28.9 Å². The largest absolute Gasteiger partial charge is 0.326 e. The molecule has 2 aromatic carbocycles. The van der Waals surface area contributed by atoms with Crippen LogP contribution in [0, 0.1) is 0 Å². The number of rotatable bonds is 4. The third kappa shape index (κ3) is 3.52. The first-order chi connectivity index (χ1) is 14.4. The number of nitrogens with one attached hydrogen (secondary N) is 3. The number of amides is 5. The lowest BCUT2D eigenvalue weighted by Crippen LogP contribution is -2.47. The highest BCUT2D eigenvalue weighted by Gasteiger charge is 2.54. The van der Waals surface area contributed by atoms with Gasteiger partial charge >= 0.3 is 6.03 Å². The van der Waals surface area contributed by atoms with Crippen molar-refractivity contribution in [2.75, 3.05) is 17.2 Å². The van der Waals surface area contributed by atoms with Crippen LogP contribution >= 0.6 is 0 Å². The van der Waals surface area contributed by atoms with Crippen molar-refractivity contribution in [1.82, 2.24) is 10.2 Å². The predicted molar refractivity (Wildman–Crippen MR) is 111 cm³/mol. The number of carbonyl (C=O) groups is 4. The van der Waals surface area contributed by atoms with Gasteiger partial charge in [0.05, 0.1) is 0 Å². The Hall–Kier alpha value is -3.68. The Bertz CT molecular complexity index is 1050. The van der Waals surface area contributed by atoms with Crippen molar-refractivity contribution in [2.45, 2.75) is 31.7 Å². The van der Waals surface area contributed by atoms with E-state index in [1.807, 2.05) is 24.3 Å². The molecular formula is C22H22N4O4. The molecule has 1 aliphatic carbocycles. The monoisotopic (exact) mass is 406 g/mol. The third-order valence-corrected chi connectivity index (χ3v) is 5.42. The molecule has 0 bridgehead atoms. The zero-order valence-electron chi connectivity index (χ0n) is 16.5. The topological polar surface area (TPSA) is 108 Å². The number of benzene rings is 2. The van der Waals surface area contributed by atoms with Crippen molar-refractivity contribution in [3.8, 4) is 0 Å². The molecule has 1 saturated heterocycles. The maximum Gasteiger partial charge on any atom is 0.325 e. The summed E-state index contributed by atoms with van der Waals surface area (Å²) in [6.45, 7) is 1.00. The normalized spacial score (nSPS) is 20.0. The maximum atomic E-state index is 13.2. The van der Waals surface area contributed by atoms with Gasteiger partial charge in [-0.15, -0.1) is 0 Å². The molecule has 8 heteroatoms. The summed E-state index contributed by atoms with van der Waals surface area (Å²) in [6, 6.07) is 13.7. The number of anilines is 2. The third-order valence-electron chi connectivity index (χ3n) is 5.42. The smallest absolute Gasteiger partial charge is 0.325 e. The van der Waals surface area contributed by atoms with Gasteiger partial charge in [0.1, 0.15) is 12.1 Å². The van der Waals surface area contributed by atoms with Gasteiger partial charge in [0.25, 0.3) is 5.91 Å². The molecule has 2 aliphatic rings. The molecule has 0 unspecified atom stereocenters. The maximum absolute atomic E-state index is 13.2. The molecule has 1 heterocycles. The Morgan fingerprint density at radius 3 is 2.57 bits per heavy atom. The van der Waals surface area contributed by atoms with Gasteiger partial charge in [-0.3, -0.25) is 19.3 Å². The van der Waals surface area contributed by atoms with Crippen molar-refractivity contribution in [2.24, 2.45) is 0 Å². The summed E-state index contributed by atoms with van der Waals surface area (Å²) in [4.78, 5) is 50.5. The van der Waals surface area contributed by atoms with E-state index in [0.29, 0.717) is 17.8 Å². The summed E-state index contributed by atoms with van der Waals surface area (Å²) in [5.74, 6) is -1.13. The van der Waals surface area contributed by atoms with Crippen LogP contribution in [-0.4, -0.2) is 35.2 Å². The van der Waals surface area contributed by atoms with E-state index in [9.17, 15) is 19.2 Å². The average Bonchev–Trinajstić information content (AvgIpc) is 2.93. The van der Waals surface area contributed by atoms with E-state index in [4.69, 9.17) is 0 Å². The lowest BCUT2D eigenvalue weighted by atomic mass is 9.76. The molecule has 2 aromatic rings. The second-order valence-electron chi connectivity index (χ2n) is 7.55. The number of aryl methyl sites for hydroxylation is 1. The number of fused-ring (bicyclic) bond motifs is 2. The van der Waals surface area contributed by atoms with E-state index >= 15 is 0 Å². The van der Waals surface area contributed by atoms with E-state index in [1.165, 1.54) is 6.92 Å². The van der Waals surface area contributed by atoms with Gasteiger partial charge in [-0.05, 0) is 48.6 Å². The molecular weight excluding hydrogens is 384 g/mol. The molecule has 5 amide bonds. The average molecular weight is 406 g/mol. The lowest BCUT2D eigenvalue weighted by Gasteiger charge is -2.33. The van der Waals surface area contributed by atoms with Gasteiger partial charge in [-0.2, -0.15) is 0 Å². The van der Waals surface area contributed by atoms with Crippen LogP contribution in [0.2, 0.25) is 0 Å². The van der Waals surface area contributed by atoms with Crippen LogP contribution in [0.3, 0.4) is 0 Å². The number of nitrogens with zero attached hydrogens (tertiary/aromatic N) is 1. The zero-order chi connectivity index (χ0) is 21.3. The molecule has 1 atom stereocenters. The fraction of sp³-hybridized carbons (Fsp3) is 0.273. The van der Waals surface area contributed by atoms with Gasteiger partial charge in [-0.1, -0.05) is 30.3 Å². The minimum Gasteiger partial charge on any atom is -0.326 e. The second-order valence-corrected chi connectivity index (χ2v) is 7.55. The Morgan fingerprint density at radius 2 is 1.80 bits per heavy atom. The van der Waals surface area contributed by atoms with Crippen LogP contribution in [0.25, 0.3) is 0 Å². The van der Waals surface area contributed by atoms with Gasteiger partial charge in [0.15, 0.2) is 0 Å². The Labute approximate surface area is 173 Å². The number of hydrogen-bond donors (Lipinski definition) is 3. The van der Waals surface area contributed by atoms with Crippen LogP contribution in [0.15, 0.2) is 48.5 Å². The molecule has 8 nitrogen and oxygen atoms in total. The minimum absolute atomic E-state index is 0.226. The van der Waals surface area contributed by atoms with Gasteiger partial charge in [0.2, 0.25) is 11.8 Å². The number of carbonyl (C=O) groups excluding carboxylic acids is 4. The zero-order valence-corrected chi connectivity index (χ0v) is 16.5. The fourth-order valence-corrected chi connectivity index (χ4v) is 4.18. The van der Waals surface area contributed by atoms with E-state index in [2.05, 4.69) is 16.0 Å². The minimum atomic E-state index is -1.10. The van der Waals surface area contributed by atoms with Crippen molar-refractivity contribution in [3.63, 3.8) is 0 Å². The first-order valence-corrected chi connectivity index (χ1v) is 9.79. The molecule has 30 heavy (non-hydrogen) atoms. The summed E-state index contributed by atoms with van der Waals surface area (Å²) in [7, 11) is 0. The van der Waals surface area contributed by atoms with Crippen molar-refractivity contribution < 1.29 is 19.2 Å². The van der Waals surface area contributed by atoms with E-state index < -0.39 is 23.4 Å². The van der Waals surface area contributed by atoms with E-state index in [-0.39, 0.29) is 12.5 Å².